The lowest BCUT2D eigenvalue weighted by atomic mass is 10.1. The summed E-state index contributed by atoms with van der Waals surface area (Å²) in [6, 6.07) is 17.6. The average molecular weight is 357 g/mol. The van der Waals surface area contributed by atoms with E-state index in [0.717, 1.165) is 11.1 Å². The van der Waals surface area contributed by atoms with E-state index in [9.17, 15) is 9.59 Å². The van der Waals surface area contributed by atoms with E-state index in [1.54, 1.807) is 53.3 Å². The number of carbonyl (C=O) groups excluding carboxylic acids is 2. The Bertz CT molecular complexity index is 1130. The van der Waals surface area contributed by atoms with Crippen LogP contribution in [0, 0.1) is 0 Å². The maximum Gasteiger partial charge on any atom is 0.274 e. The number of nitrogens with one attached hydrogen (secondary N) is 1. The summed E-state index contributed by atoms with van der Waals surface area (Å²) in [5, 5.41) is 8.07. The van der Waals surface area contributed by atoms with E-state index in [1.165, 1.54) is 0 Å². The number of amides is 2. The molecule has 4 aromatic rings. The maximum absolute atomic E-state index is 12.2. The zero-order chi connectivity index (χ0) is 18.8. The van der Waals surface area contributed by atoms with Gasteiger partial charge in [-0.3, -0.25) is 14.6 Å². The van der Waals surface area contributed by atoms with Crippen molar-refractivity contribution in [1.29, 1.82) is 0 Å². The van der Waals surface area contributed by atoms with E-state index in [-0.39, 0.29) is 5.91 Å². The van der Waals surface area contributed by atoms with E-state index in [1.807, 2.05) is 24.4 Å². The van der Waals surface area contributed by atoms with Crippen LogP contribution in [0.4, 0.5) is 5.69 Å². The van der Waals surface area contributed by atoms with Gasteiger partial charge in [0.25, 0.3) is 11.8 Å². The molecule has 0 unspecified atom stereocenters. The maximum atomic E-state index is 12.2. The van der Waals surface area contributed by atoms with E-state index < -0.39 is 5.91 Å². The molecule has 7 heteroatoms. The molecular formula is C20H15N5O2. The van der Waals surface area contributed by atoms with Gasteiger partial charge in [0, 0.05) is 23.5 Å². The number of nitrogens with zero attached hydrogens (tertiary/aromatic N) is 3. The molecule has 0 aliphatic carbocycles. The van der Waals surface area contributed by atoms with Gasteiger partial charge in [-0.25, -0.2) is 4.68 Å². The second-order valence-corrected chi connectivity index (χ2v) is 5.90. The summed E-state index contributed by atoms with van der Waals surface area (Å²) in [5.74, 6) is -0.794. The highest BCUT2D eigenvalue weighted by atomic mass is 16.2. The van der Waals surface area contributed by atoms with Gasteiger partial charge in [-0.2, -0.15) is 5.10 Å². The zero-order valence-corrected chi connectivity index (χ0v) is 14.2. The number of primary amides is 1. The third kappa shape index (κ3) is 3.25. The Morgan fingerprint density at radius 1 is 0.963 bits per heavy atom. The van der Waals surface area contributed by atoms with Crippen molar-refractivity contribution in [2.75, 3.05) is 5.32 Å². The Morgan fingerprint density at radius 3 is 2.48 bits per heavy atom. The summed E-state index contributed by atoms with van der Waals surface area (Å²) in [7, 11) is 0. The normalized spacial score (nSPS) is 10.7. The second-order valence-electron chi connectivity index (χ2n) is 5.90. The Balaban J connectivity index is 1.59. The number of pyridine rings is 1. The van der Waals surface area contributed by atoms with Gasteiger partial charge in [0.05, 0.1) is 11.3 Å². The number of nitrogens with two attached hydrogens (primary N) is 1. The summed E-state index contributed by atoms with van der Waals surface area (Å²) in [5.41, 5.74) is 8.12. The third-order valence-electron chi connectivity index (χ3n) is 4.09. The number of rotatable bonds is 4. The van der Waals surface area contributed by atoms with Crippen LogP contribution < -0.4 is 11.1 Å². The molecule has 0 fully saturated rings. The Morgan fingerprint density at radius 2 is 1.78 bits per heavy atom. The molecular weight excluding hydrogens is 342 g/mol. The minimum atomic E-state index is -0.515. The summed E-state index contributed by atoms with van der Waals surface area (Å²) < 4.78 is 1.67. The van der Waals surface area contributed by atoms with Crippen molar-refractivity contribution in [1.82, 2.24) is 14.8 Å². The molecule has 0 saturated heterocycles. The first-order valence-electron chi connectivity index (χ1n) is 8.23. The fourth-order valence-corrected chi connectivity index (χ4v) is 2.77. The van der Waals surface area contributed by atoms with Gasteiger partial charge in [0.2, 0.25) is 0 Å². The quantitative estimate of drug-likeness (QED) is 0.586. The van der Waals surface area contributed by atoms with Crippen molar-refractivity contribution < 1.29 is 9.59 Å². The molecule has 2 aromatic carbocycles. The van der Waals surface area contributed by atoms with Crippen LogP contribution in [0.3, 0.4) is 0 Å². The number of benzene rings is 2. The van der Waals surface area contributed by atoms with Crippen molar-refractivity contribution in [2.45, 2.75) is 0 Å². The molecule has 2 heterocycles. The first-order valence-corrected chi connectivity index (χ1v) is 8.23. The molecule has 3 N–H and O–H groups in total. The van der Waals surface area contributed by atoms with Gasteiger partial charge in [0.1, 0.15) is 11.2 Å². The van der Waals surface area contributed by atoms with Crippen molar-refractivity contribution in [3.8, 4) is 5.69 Å². The molecule has 0 atom stereocenters. The minimum absolute atomic E-state index is 0.278. The first kappa shape index (κ1) is 16.5. The lowest BCUT2D eigenvalue weighted by Gasteiger charge is -2.06. The number of fused-ring (bicyclic) bond motifs is 1. The van der Waals surface area contributed by atoms with E-state index >= 15 is 0 Å². The van der Waals surface area contributed by atoms with Crippen molar-refractivity contribution in [3.63, 3.8) is 0 Å². The van der Waals surface area contributed by atoms with Crippen LogP contribution >= 0.6 is 0 Å². The molecule has 2 amide bonds. The van der Waals surface area contributed by atoms with Gasteiger partial charge in [-0.15, -0.1) is 0 Å². The summed E-state index contributed by atoms with van der Waals surface area (Å²) in [6.07, 6.45) is 3.39. The van der Waals surface area contributed by atoms with Gasteiger partial charge < -0.3 is 11.1 Å². The fraction of sp³-hybridized carbons (Fsp3) is 0. The fourth-order valence-electron chi connectivity index (χ4n) is 2.77. The average Bonchev–Trinajstić information content (AvgIpc) is 3.13. The van der Waals surface area contributed by atoms with Crippen LogP contribution in [0.25, 0.3) is 16.6 Å². The highest BCUT2D eigenvalue weighted by Gasteiger charge is 2.11. The number of anilines is 1. The van der Waals surface area contributed by atoms with Crippen LogP contribution in [0.1, 0.15) is 20.8 Å². The lowest BCUT2D eigenvalue weighted by Crippen LogP contribution is -2.13. The largest absolute Gasteiger partial charge is 0.366 e. The first-order chi connectivity index (χ1) is 13.1. The molecule has 0 bridgehead atoms. The van der Waals surface area contributed by atoms with Gasteiger partial charge in [0.15, 0.2) is 0 Å². The Labute approximate surface area is 154 Å². The summed E-state index contributed by atoms with van der Waals surface area (Å²) in [4.78, 5) is 27.7. The summed E-state index contributed by atoms with van der Waals surface area (Å²) >= 11 is 0. The SMILES string of the molecule is NC(=O)c1cccc2cn(-c3ccc(NC(=O)c4ccccn4)cc3)nc12. The van der Waals surface area contributed by atoms with E-state index in [4.69, 9.17) is 5.73 Å². The highest BCUT2D eigenvalue weighted by molar-refractivity contribution is 6.04. The summed E-state index contributed by atoms with van der Waals surface area (Å²) in [6.45, 7) is 0. The molecule has 2 aromatic heterocycles. The lowest BCUT2D eigenvalue weighted by molar-refractivity contribution is 0.0998. The van der Waals surface area contributed by atoms with Crippen LogP contribution in [0.2, 0.25) is 0 Å². The topological polar surface area (TPSA) is 103 Å². The van der Waals surface area contributed by atoms with Crippen molar-refractivity contribution in [3.05, 3.63) is 84.3 Å². The van der Waals surface area contributed by atoms with Gasteiger partial charge in [-0.1, -0.05) is 18.2 Å². The predicted octanol–water partition coefficient (Wildman–Crippen LogP) is 2.77. The number of hydrogen-bond acceptors (Lipinski definition) is 4. The Kier molecular flexibility index (Phi) is 4.10. The molecule has 7 nitrogen and oxygen atoms in total. The van der Waals surface area contributed by atoms with E-state index in [2.05, 4.69) is 15.4 Å². The number of hydrogen-bond donors (Lipinski definition) is 2. The van der Waals surface area contributed by atoms with Crippen LogP contribution in [0.15, 0.2) is 73.1 Å². The molecule has 27 heavy (non-hydrogen) atoms. The monoisotopic (exact) mass is 357 g/mol. The number of carbonyl (C=O) groups is 2. The van der Waals surface area contributed by atoms with Crippen LogP contribution in [-0.2, 0) is 0 Å². The van der Waals surface area contributed by atoms with Crippen molar-refractivity contribution >= 4 is 28.4 Å². The molecule has 132 valence electrons. The minimum Gasteiger partial charge on any atom is -0.366 e. The van der Waals surface area contributed by atoms with Crippen molar-refractivity contribution in [2.24, 2.45) is 5.73 Å². The second kappa shape index (κ2) is 6.72. The highest BCUT2D eigenvalue weighted by Crippen LogP contribution is 2.20. The number of aromatic nitrogens is 3. The standard InChI is InChI=1S/C20H15N5O2/c21-19(26)16-5-3-4-13-12-25(24-18(13)16)15-9-7-14(8-10-15)23-20(27)17-6-1-2-11-22-17/h1-12H,(H2,21,26)(H,23,27). The van der Waals surface area contributed by atoms with Gasteiger partial charge >= 0.3 is 0 Å². The molecule has 0 aliphatic heterocycles. The third-order valence-corrected chi connectivity index (χ3v) is 4.09. The van der Waals surface area contributed by atoms with Crippen LogP contribution in [0.5, 0.6) is 0 Å². The van der Waals surface area contributed by atoms with E-state index in [0.29, 0.717) is 22.5 Å². The molecule has 0 radical (unpaired) electrons. The molecule has 0 spiro atoms. The molecule has 0 aliphatic rings. The van der Waals surface area contributed by atoms with Gasteiger partial charge in [-0.05, 0) is 42.5 Å². The Hall–Kier alpha value is -4.00. The zero-order valence-electron chi connectivity index (χ0n) is 14.2. The molecule has 4 rings (SSSR count). The van der Waals surface area contributed by atoms with Crippen LogP contribution in [-0.4, -0.2) is 26.6 Å². The molecule has 0 saturated carbocycles. The smallest absolute Gasteiger partial charge is 0.274 e. The predicted molar refractivity (Wildman–Crippen MR) is 102 cm³/mol.